The quantitative estimate of drug-likeness (QED) is 0.276. The Morgan fingerprint density at radius 3 is 2.38 bits per heavy atom. The summed E-state index contributed by atoms with van der Waals surface area (Å²) in [6, 6.07) is 0. The number of likely N-dealkylation sites (N-methyl/N-ethyl adjacent to an activating group) is 1. The standard InChI is InChI=1S/C13H26NO2/c1-5-6-7-8-9-10-11-16-13(15)12-14(2,3)4/h8-9H,5-7,10-12H2,1-4H3/q+1/b9-8-. The maximum atomic E-state index is 11.3. The van der Waals surface area contributed by atoms with Crippen LogP contribution in [0.25, 0.3) is 0 Å². The number of hydrogen-bond acceptors (Lipinski definition) is 2. The summed E-state index contributed by atoms with van der Waals surface area (Å²) in [6.07, 6.45) is 8.67. The summed E-state index contributed by atoms with van der Waals surface area (Å²) in [5.74, 6) is -0.116. The van der Waals surface area contributed by atoms with Gasteiger partial charge in [0.15, 0.2) is 6.54 Å². The number of allylic oxidation sites excluding steroid dienone is 1. The molecule has 0 saturated carbocycles. The van der Waals surface area contributed by atoms with Crippen LogP contribution in [0.5, 0.6) is 0 Å². The third-order valence-corrected chi connectivity index (χ3v) is 2.04. The minimum atomic E-state index is -0.116. The van der Waals surface area contributed by atoms with Crippen molar-refractivity contribution in [3.8, 4) is 0 Å². The summed E-state index contributed by atoms with van der Waals surface area (Å²) < 4.78 is 5.74. The van der Waals surface area contributed by atoms with Crippen LogP contribution in [0.3, 0.4) is 0 Å². The molecule has 0 unspecified atom stereocenters. The van der Waals surface area contributed by atoms with E-state index in [0.717, 1.165) is 12.8 Å². The average Bonchev–Trinajstić information content (AvgIpc) is 2.13. The highest BCUT2D eigenvalue weighted by Gasteiger charge is 2.14. The lowest BCUT2D eigenvalue weighted by Gasteiger charge is -2.22. The molecule has 0 radical (unpaired) electrons. The Balaban J connectivity index is 3.45. The monoisotopic (exact) mass is 228 g/mol. The van der Waals surface area contributed by atoms with Crippen LogP contribution in [0.4, 0.5) is 0 Å². The molecule has 0 amide bonds. The molecule has 0 aromatic heterocycles. The Morgan fingerprint density at radius 1 is 1.19 bits per heavy atom. The van der Waals surface area contributed by atoms with Crippen LogP contribution in [0, 0.1) is 0 Å². The number of carbonyl (C=O) groups excluding carboxylic acids is 1. The van der Waals surface area contributed by atoms with Gasteiger partial charge in [-0.1, -0.05) is 31.9 Å². The van der Waals surface area contributed by atoms with Gasteiger partial charge < -0.3 is 9.22 Å². The van der Waals surface area contributed by atoms with Gasteiger partial charge >= 0.3 is 5.97 Å². The minimum absolute atomic E-state index is 0.116. The van der Waals surface area contributed by atoms with E-state index in [-0.39, 0.29) is 5.97 Å². The van der Waals surface area contributed by atoms with Gasteiger partial charge in [0.2, 0.25) is 0 Å². The van der Waals surface area contributed by atoms with Gasteiger partial charge in [0.05, 0.1) is 27.7 Å². The third-order valence-electron chi connectivity index (χ3n) is 2.04. The van der Waals surface area contributed by atoms with E-state index in [1.807, 2.05) is 21.1 Å². The third kappa shape index (κ3) is 11.2. The fraction of sp³-hybridized carbons (Fsp3) is 0.769. The fourth-order valence-electron chi connectivity index (χ4n) is 1.23. The van der Waals surface area contributed by atoms with Crippen LogP contribution >= 0.6 is 0 Å². The Kier molecular flexibility index (Phi) is 7.90. The Hall–Kier alpha value is -0.830. The van der Waals surface area contributed by atoms with Crippen LogP contribution in [0.1, 0.15) is 32.6 Å². The maximum absolute atomic E-state index is 11.3. The molecule has 0 aliphatic heterocycles. The first kappa shape index (κ1) is 15.2. The molecule has 0 spiro atoms. The summed E-state index contributed by atoms with van der Waals surface area (Å²) in [4.78, 5) is 11.3. The van der Waals surface area contributed by atoms with Crippen molar-refractivity contribution in [3.05, 3.63) is 12.2 Å². The minimum Gasteiger partial charge on any atom is -0.461 e. The SMILES string of the molecule is CCCC/C=C\CCOC(=O)C[N+](C)(C)C. The molecule has 3 nitrogen and oxygen atoms in total. The molecule has 0 heterocycles. The summed E-state index contributed by atoms with van der Waals surface area (Å²) in [5.41, 5.74) is 0. The van der Waals surface area contributed by atoms with E-state index in [2.05, 4.69) is 19.1 Å². The summed E-state index contributed by atoms with van der Waals surface area (Å²) >= 11 is 0. The van der Waals surface area contributed by atoms with Crippen LogP contribution in [0.15, 0.2) is 12.2 Å². The lowest BCUT2D eigenvalue weighted by Crippen LogP contribution is -2.40. The van der Waals surface area contributed by atoms with Crippen molar-refractivity contribution in [2.24, 2.45) is 0 Å². The second-order valence-electron chi connectivity index (χ2n) is 5.07. The molecule has 0 fully saturated rings. The molecule has 0 aromatic rings. The Morgan fingerprint density at radius 2 is 1.81 bits per heavy atom. The largest absolute Gasteiger partial charge is 0.461 e. The van der Waals surface area contributed by atoms with Gasteiger partial charge in [-0.05, 0) is 12.8 Å². The normalized spacial score (nSPS) is 12.0. The van der Waals surface area contributed by atoms with E-state index in [4.69, 9.17) is 4.74 Å². The second kappa shape index (κ2) is 8.34. The zero-order valence-electron chi connectivity index (χ0n) is 11.2. The van der Waals surface area contributed by atoms with Crippen molar-refractivity contribution in [2.45, 2.75) is 32.6 Å². The van der Waals surface area contributed by atoms with Gasteiger partial charge in [0, 0.05) is 0 Å². The molecular weight excluding hydrogens is 202 g/mol. The number of carbonyl (C=O) groups is 1. The number of rotatable bonds is 8. The predicted octanol–water partition coefficient (Wildman–Crippen LogP) is 2.37. The highest BCUT2D eigenvalue weighted by atomic mass is 16.5. The zero-order chi connectivity index (χ0) is 12.4. The average molecular weight is 228 g/mol. The van der Waals surface area contributed by atoms with Crippen molar-refractivity contribution in [2.75, 3.05) is 34.3 Å². The van der Waals surface area contributed by atoms with Crippen LogP contribution in [-0.4, -0.2) is 44.7 Å². The van der Waals surface area contributed by atoms with Crippen LogP contribution in [-0.2, 0) is 9.53 Å². The lowest BCUT2D eigenvalue weighted by molar-refractivity contribution is -0.862. The molecule has 94 valence electrons. The summed E-state index contributed by atoms with van der Waals surface area (Å²) in [6.45, 7) is 3.11. The molecule has 0 aromatic carbocycles. The Labute approximate surface area is 99.7 Å². The zero-order valence-corrected chi connectivity index (χ0v) is 11.2. The number of unbranched alkanes of at least 4 members (excludes halogenated alkanes) is 2. The van der Waals surface area contributed by atoms with Gasteiger partial charge in [-0.25, -0.2) is 4.79 Å². The van der Waals surface area contributed by atoms with Gasteiger partial charge in [0.1, 0.15) is 0 Å². The number of nitrogens with zero attached hydrogens (tertiary/aromatic N) is 1. The van der Waals surface area contributed by atoms with Crippen molar-refractivity contribution < 1.29 is 14.0 Å². The maximum Gasteiger partial charge on any atom is 0.361 e. The molecule has 0 aliphatic carbocycles. The van der Waals surface area contributed by atoms with Crippen molar-refractivity contribution in [1.82, 2.24) is 0 Å². The predicted molar refractivity (Wildman–Crippen MR) is 67.1 cm³/mol. The van der Waals surface area contributed by atoms with E-state index < -0.39 is 0 Å². The number of esters is 1. The summed E-state index contributed by atoms with van der Waals surface area (Å²) in [7, 11) is 5.93. The van der Waals surface area contributed by atoms with Crippen molar-refractivity contribution in [1.29, 1.82) is 0 Å². The van der Waals surface area contributed by atoms with Crippen LogP contribution < -0.4 is 0 Å². The molecule has 16 heavy (non-hydrogen) atoms. The highest BCUT2D eigenvalue weighted by molar-refractivity contribution is 5.70. The van der Waals surface area contributed by atoms with Gasteiger partial charge in [0.25, 0.3) is 0 Å². The molecule has 0 atom stereocenters. The lowest BCUT2D eigenvalue weighted by atomic mass is 10.2. The van der Waals surface area contributed by atoms with E-state index in [1.54, 1.807) is 0 Å². The van der Waals surface area contributed by atoms with E-state index in [1.165, 1.54) is 12.8 Å². The van der Waals surface area contributed by atoms with Gasteiger partial charge in [-0.3, -0.25) is 0 Å². The molecule has 0 saturated heterocycles. The molecule has 3 heteroatoms. The topological polar surface area (TPSA) is 26.3 Å². The highest BCUT2D eigenvalue weighted by Crippen LogP contribution is 1.97. The molecule has 0 bridgehead atoms. The second-order valence-corrected chi connectivity index (χ2v) is 5.07. The fourth-order valence-corrected chi connectivity index (χ4v) is 1.23. The van der Waals surface area contributed by atoms with E-state index in [9.17, 15) is 4.79 Å². The number of ether oxygens (including phenoxy) is 1. The van der Waals surface area contributed by atoms with Crippen molar-refractivity contribution >= 4 is 5.97 Å². The van der Waals surface area contributed by atoms with Crippen LogP contribution in [0.2, 0.25) is 0 Å². The van der Waals surface area contributed by atoms with Gasteiger partial charge in [-0.15, -0.1) is 0 Å². The molecular formula is C13H26NO2+. The Bertz CT molecular complexity index is 216. The van der Waals surface area contributed by atoms with E-state index >= 15 is 0 Å². The smallest absolute Gasteiger partial charge is 0.361 e. The summed E-state index contributed by atoms with van der Waals surface area (Å²) in [5, 5.41) is 0. The van der Waals surface area contributed by atoms with E-state index in [0.29, 0.717) is 17.6 Å². The molecule has 0 rings (SSSR count). The first-order valence-corrected chi connectivity index (χ1v) is 6.07. The first-order valence-electron chi connectivity index (χ1n) is 6.07. The van der Waals surface area contributed by atoms with Crippen molar-refractivity contribution in [3.63, 3.8) is 0 Å². The number of hydrogen-bond donors (Lipinski definition) is 0. The number of quaternary nitrogens is 1. The van der Waals surface area contributed by atoms with Gasteiger partial charge in [-0.2, -0.15) is 0 Å². The molecule has 0 aliphatic rings. The molecule has 0 N–H and O–H groups in total. The first-order chi connectivity index (χ1) is 7.45.